The quantitative estimate of drug-likeness (QED) is 0.452. The lowest BCUT2D eigenvalue weighted by molar-refractivity contribution is -0.119. The molecule has 7 nitrogen and oxygen atoms in total. The van der Waals surface area contributed by atoms with Crippen molar-refractivity contribution in [2.75, 3.05) is 44.2 Å². The monoisotopic (exact) mass is 417 g/mol. The van der Waals surface area contributed by atoms with Crippen molar-refractivity contribution >= 4 is 35.0 Å². The number of nitrogens with one attached hydrogen (secondary N) is 1. The molecule has 160 valence electrons. The first kappa shape index (κ1) is 20.8. The Kier molecular flexibility index (Phi) is 6.74. The van der Waals surface area contributed by atoms with Crippen molar-refractivity contribution in [1.29, 1.82) is 0 Å². The third-order valence-electron chi connectivity index (χ3n) is 5.63. The maximum absolute atomic E-state index is 13.1. The second kappa shape index (κ2) is 10.0. The topological polar surface area (TPSA) is 72.5 Å². The highest BCUT2D eigenvalue weighted by atomic mass is 16.2. The first-order valence-electron chi connectivity index (χ1n) is 10.6. The Morgan fingerprint density at radius 1 is 1.03 bits per heavy atom. The van der Waals surface area contributed by atoms with Crippen molar-refractivity contribution in [3.8, 4) is 0 Å². The molecule has 31 heavy (non-hydrogen) atoms. The molecule has 2 heterocycles. The van der Waals surface area contributed by atoms with Gasteiger partial charge in [-0.05, 0) is 37.2 Å². The van der Waals surface area contributed by atoms with E-state index in [-0.39, 0.29) is 5.91 Å². The maximum atomic E-state index is 13.1. The summed E-state index contributed by atoms with van der Waals surface area (Å²) in [5, 5.41) is 8.30. The second-order valence-electron chi connectivity index (χ2n) is 7.65. The first-order valence-corrected chi connectivity index (χ1v) is 10.6. The number of aromatic amines is 1. The van der Waals surface area contributed by atoms with Gasteiger partial charge in [-0.15, -0.1) is 0 Å². The zero-order valence-corrected chi connectivity index (χ0v) is 17.5. The molecule has 2 aromatic carbocycles. The fourth-order valence-electron chi connectivity index (χ4n) is 3.87. The summed E-state index contributed by atoms with van der Waals surface area (Å²) in [5.41, 5.74) is 2.59. The molecule has 0 unspecified atom stereocenters. The molecule has 7 heteroatoms. The van der Waals surface area contributed by atoms with Gasteiger partial charge in [0, 0.05) is 49.9 Å². The minimum atomic E-state index is -0.0657. The fraction of sp³-hybridized carbons (Fsp3) is 0.292. The van der Waals surface area contributed by atoms with Gasteiger partial charge in [-0.1, -0.05) is 36.4 Å². The predicted octanol–water partition coefficient (Wildman–Crippen LogP) is 2.77. The molecule has 0 aliphatic carbocycles. The summed E-state index contributed by atoms with van der Waals surface area (Å²) < 4.78 is 0. The highest BCUT2D eigenvalue weighted by Crippen LogP contribution is 2.18. The molecule has 0 radical (unpaired) electrons. The number of carbonyl (C=O) groups excluding carboxylic acids is 2. The van der Waals surface area contributed by atoms with E-state index in [4.69, 9.17) is 0 Å². The standard InChI is InChI=1S/C24H27N5O2/c30-19-28-17-15-27(16-18-28)13-6-14-29(20-7-2-1-3-8-20)24(31)12-11-23-21-9-4-5-10-22(21)25-26-23/h1-5,7-12,19H,6,13-18H2,(H,25,26)/b12-11+. The Morgan fingerprint density at radius 3 is 2.55 bits per heavy atom. The van der Waals surface area contributed by atoms with Crippen LogP contribution in [0.25, 0.3) is 17.0 Å². The number of benzene rings is 2. The molecule has 4 rings (SSSR count). The molecule has 1 fully saturated rings. The van der Waals surface area contributed by atoms with Gasteiger partial charge in [0.15, 0.2) is 0 Å². The Labute approximate surface area is 181 Å². The van der Waals surface area contributed by atoms with Crippen LogP contribution in [0.3, 0.4) is 0 Å². The molecule has 3 aromatic rings. The summed E-state index contributed by atoms with van der Waals surface area (Å²) in [7, 11) is 0. The van der Waals surface area contributed by atoms with E-state index in [2.05, 4.69) is 15.1 Å². The summed E-state index contributed by atoms with van der Waals surface area (Å²) in [5.74, 6) is -0.0657. The summed E-state index contributed by atoms with van der Waals surface area (Å²) in [6.45, 7) is 4.82. The zero-order chi connectivity index (χ0) is 21.5. The highest BCUT2D eigenvalue weighted by Gasteiger charge is 2.17. The summed E-state index contributed by atoms with van der Waals surface area (Å²) in [6.07, 6.45) is 5.15. The van der Waals surface area contributed by atoms with Gasteiger partial charge in [-0.25, -0.2) is 0 Å². The normalized spacial score (nSPS) is 14.9. The van der Waals surface area contributed by atoms with Crippen LogP contribution in [-0.2, 0) is 9.59 Å². The number of carbonyl (C=O) groups is 2. The Balaban J connectivity index is 1.41. The highest BCUT2D eigenvalue weighted by molar-refractivity contribution is 6.04. The van der Waals surface area contributed by atoms with E-state index in [1.54, 1.807) is 17.1 Å². The minimum Gasteiger partial charge on any atom is -0.343 e. The molecule has 1 aliphatic heterocycles. The molecule has 1 aliphatic rings. The second-order valence-corrected chi connectivity index (χ2v) is 7.65. The Bertz CT molecular complexity index is 1040. The van der Waals surface area contributed by atoms with Crippen molar-refractivity contribution < 1.29 is 9.59 Å². The Hall–Kier alpha value is -3.45. The summed E-state index contributed by atoms with van der Waals surface area (Å²) >= 11 is 0. The fourth-order valence-corrected chi connectivity index (χ4v) is 3.87. The van der Waals surface area contributed by atoms with Crippen LogP contribution in [0.5, 0.6) is 0 Å². The van der Waals surface area contributed by atoms with Crippen LogP contribution in [-0.4, -0.2) is 71.6 Å². The number of rotatable bonds is 8. The lowest BCUT2D eigenvalue weighted by Gasteiger charge is -2.33. The molecule has 2 amide bonds. The SMILES string of the molecule is O=CN1CCN(CCCN(C(=O)/C=C/c2n[nH]c3ccccc23)c2ccccc2)CC1. The van der Waals surface area contributed by atoms with Gasteiger partial charge in [0.2, 0.25) is 6.41 Å². The lowest BCUT2D eigenvalue weighted by Crippen LogP contribution is -2.46. The van der Waals surface area contributed by atoms with E-state index < -0.39 is 0 Å². The molecule has 1 aromatic heterocycles. The van der Waals surface area contributed by atoms with E-state index in [0.717, 1.165) is 67.8 Å². The van der Waals surface area contributed by atoms with Gasteiger partial charge < -0.3 is 9.80 Å². The van der Waals surface area contributed by atoms with Gasteiger partial charge in [-0.3, -0.25) is 19.6 Å². The van der Waals surface area contributed by atoms with Gasteiger partial charge in [0.05, 0.1) is 11.2 Å². The van der Waals surface area contributed by atoms with Crippen LogP contribution in [0, 0.1) is 0 Å². The number of H-pyrrole nitrogens is 1. The van der Waals surface area contributed by atoms with E-state index in [1.165, 1.54) is 0 Å². The number of para-hydroxylation sites is 2. The third kappa shape index (κ3) is 5.19. The minimum absolute atomic E-state index is 0.0657. The lowest BCUT2D eigenvalue weighted by atomic mass is 10.2. The van der Waals surface area contributed by atoms with Crippen LogP contribution < -0.4 is 4.90 Å². The maximum Gasteiger partial charge on any atom is 0.251 e. The average molecular weight is 418 g/mol. The summed E-state index contributed by atoms with van der Waals surface area (Å²) in [6, 6.07) is 17.6. The number of fused-ring (bicyclic) bond motifs is 1. The molecule has 0 spiro atoms. The van der Waals surface area contributed by atoms with Crippen molar-refractivity contribution in [2.24, 2.45) is 0 Å². The van der Waals surface area contributed by atoms with Crippen molar-refractivity contribution in [1.82, 2.24) is 20.0 Å². The average Bonchev–Trinajstić information content (AvgIpc) is 3.24. The van der Waals surface area contributed by atoms with E-state index in [0.29, 0.717) is 6.54 Å². The van der Waals surface area contributed by atoms with E-state index in [1.807, 2.05) is 59.5 Å². The number of hydrogen-bond donors (Lipinski definition) is 1. The number of aromatic nitrogens is 2. The van der Waals surface area contributed by atoms with E-state index >= 15 is 0 Å². The molecular formula is C24H27N5O2. The number of hydrogen-bond acceptors (Lipinski definition) is 4. The van der Waals surface area contributed by atoms with Crippen LogP contribution >= 0.6 is 0 Å². The van der Waals surface area contributed by atoms with Crippen LogP contribution in [0.1, 0.15) is 12.1 Å². The molecule has 1 N–H and O–H groups in total. The van der Waals surface area contributed by atoms with Gasteiger partial charge in [-0.2, -0.15) is 5.10 Å². The van der Waals surface area contributed by atoms with Crippen LogP contribution in [0.4, 0.5) is 5.69 Å². The van der Waals surface area contributed by atoms with E-state index in [9.17, 15) is 9.59 Å². The number of anilines is 1. The smallest absolute Gasteiger partial charge is 0.251 e. The zero-order valence-electron chi connectivity index (χ0n) is 17.5. The molecule has 0 bridgehead atoms. The first-order chi connectivity index (χ1) is 15.2. The van der Waals surface area contributed by atoms with Gasteiger partial charge in [0.25, 0.3) is 5.91 Å². The third-order valence-corrected chi connectivity index (χ3v) is 5.63. The molecule has 0 atom stereocenters. The number of amides is 2. The molecule has 1 saturated heterocycles. The molecule has 0 saturated carbocycles. The predicted molar refractivity (Wildman–Crippen MR) is 123 cm³/mol. The van der Waals surface area contributed by atoms with Gasteiger partial charge >= 0.3 is 0 Å². The Morgan fingerprint density at radius 2 is 1.77 bits per heavy atom. The molecular weight excluding hydrogens is 390 g/mol. The summed E-state index contributed by atoms with van der Waals surface area (Å²) in [4.78, 5) is 29.9. The number of piperazine rings is 1. The van der Waals surface area contributed by atoms with Crippen LogP contribution in [0.15, 0.2) is 60.7 Å². The largest absolute Gasteiger partial charge is 0.343 e. The van der Waals surface area contributed by atoms with Crippen molar-refractivity contribution in [2.45, 2.75) is 6.42 Å². The van der Waals surface area contributed by atoms with Crippen molar-refractivity contribution in [3.05, 3.63) is 66.4 Å². The number of nitrogens with zero attached hydrogens (tertiary/aromatic N) is 4. The van der Waals surface area contributed by atoms with Crippen LogP contribution in [0.2, 0.25) is 0 Å². The van der Waals surface area contributed by atoms with Gasteiger partial charge in [0.1, 0.15) is 0 Å². The van der Waals surface area contributed by atoms with Crippen molar-refractivity contribution in [3.63, 3.8) is 0 Å².